The molecule has 0 aromatic carbocycles. The summed E-state index contributed by atoms with van der Waals surface area (Å²) < 4.78 is 1.11. The van der Waals surface area contributed by atoms with E-state index in [1.54, 1.807) is 0 Å². The highest BCUT2D eigenvalue weighted by atomic mass is 32.1. The molecule has 2 aromatic rings. The average molecular weight is 264 g/mol. The third-order valence-corrected chi connectivity index (χ3v) is 3.17. The lowest BCUT2D eigenvalue weighted by molar-refractivity contribution is 0.100. The van der Waals surface area contributed by atoms with E-state index in [0.717, 1.165) is 15.9 Å². The molecule has 1 amide bonds. The Bertz CT molecular complexity index is 715. The minimum Gasteiger partial charge on any atom is -0.366 e. The van der Waals surface area contributed by atoms with Crippen LogP contribution in [0.3, 0.4) is 0 Å². The molecular formula is C9H8N6O2S. The highest BCUT2D eigenvalue weighted by Gasteiger charge is 2.15. The van der Waals surface area contributed by atoms with Gasteiger partial charge in [-0.05, 0) is 0 Å². The number of amides is 1. The number of nitrogens with two attached hydrogens (primary N) is 1. The van der Waals surface area contributed by atoms with Gasteiger partial charge in [0.05, 0.1) is 23.8 Å². The summed E-state index contributed by atoms with van der Waals surface area (Å²) in [6, 6.07) is 0. The third kappa shape index (κ3) is 1.91. The van der Waals surface area contributed by atoms with Crippen molar-refractivity contribution in [1.82, 2.24) is 9.55 Å². The Hall–Kier alpha value is -2.42. The molecule has 2 heterocycles. The summed E-state index contributed by atoms with van der Waals surface area (Å²) >= 11 is 1.15. The molecule has 0 saturated carbocycles. The zero-order chi connectivity index (χ0) is 13.3. The molecule has 0 saturated heterocycles. The van der Waals surface area contributed by atoms with Crippen molar-refractivity contribution >= 4 is 33.3 Å². The third-order valence-electron chi connectivity index (χ3n) is 2.28. The zero-order valence-corrected chi connectivity index (χ0v) is 9.82. The van der Waals surface area contributed by atoms with Crippen LogP contribution in [0.1, 0.15) is 10.4 Å². The molecule has 0 bridgehead atoms. The van der Waals surface area contributed by atoms with Crippen LogP contribution in [0.25, 0.3) is 10.2 Å². The van der Waals surface area contributed by atoms with Gasteiger partial charge in [-0.15, -0.1) is 16.5 Å². The number of nitrogens with one attached hydrogen (secondary N) is 2. The first-order chi connectivity index (χ1) is 8.54. The van der Waals surface area contributed by atoms with E-state index in [0.29, 0.717) is 4.83 Å². The van der Waals surface area contributed by atoms with Crippen molar-refractivity contribution in [3.63, 3.8) is 0 Å². The summed E-state index contributed by atoms with van der Waals surface area (Å²) in [6.07, 6.45) is 1.26. The fourth-order valence-electron chi connectivity index (χ4n) is 1.46. The summed E-state index contributed by atoms with van der Waals surface area (Å²) in [5.74, 6) is -0.979. The molecule has 0 aliphatic carbocycles. The number of rotatable bonds is 3. The van der Waals surface area contributed by atoms with Crippen LogP contribution in [0.4, 0.5) is 0 Å². The standard InChI is InChI=1S/C9H8N6O2S/c10-5(14-12)1-15-3-13-8-6(9(15)17)4(2-18-8)7(11)16/h2-3,10,12H,1H2,(H2,11,16). The highest BCUT2D eigenvalue weighted by Crippen LogP contribution is 2.19. The SMILES string of the molecule is N=NC(=N)Cn1cnc2scc(C(N)=O)c2c1=O. The fourth-order valence-corrected chi connectivity index (χ4v) is 2.34. The maximum Gasteiger partial charge on any atom is 0.263 e. The summed E-state index contributed by atoms with van der Waals surface area (Å²) in [5, 5.41) is 11.8. The monoisotopic (exact) mass is 264 g/mol. The number of amidine groups is 1. The van der Waals surface area contributed by atoms with Gasteiger partial charge in [0.2, 0.25) is 5.91 Å². The summed E-state index contributed by atoms with van der Waals surface area (Å²) in [4.78, 5) is 27.7. The van der Waals surface area contributed by atoms with E-state index in [1.165, 1.54) is 11.7 Å². The van der Waals surface area contributed by atoms with E-state index in [9.17, 15) is 9.59 Å². The molecule has 92 valence electrons. The quantitative estimate of drug-likeness (QED) is 0.424. The van der Waals surface area contributed by atoms with Gasteiger partial charge in [0.25, 0.3) is 5.56 Å². The van der Waals surface area contributed by atoms with Gasteiger partial charge in [0.1, 0.15) is 4.83 Å². The van der Waals surface area contributed by atoms with Crippen LogP contribution in [0, 0.1) is 10.9 Å². The van der Waals surface area contributed by atoms with Gasteiger partial charge >= 0.3 is 0 Å². The number of hydrogen-bond acceptors (Lipinski definition) is 6. The molecular weight excluding hydrogens is 256 g/mol. The Morgan fingerprint density at radius 2 is 2.33 bits per heavy atom. The lowest BCUT2D eigenvalue weighted by atomic mass is 10.2. The lowest BCUT2D eigenvalue weighted by Crippen LogP contribution is -2.25. The van der Waals surface area contributed by atoms with Gasteiger partial charge in [-0.1, -0.05) is 0 Å². The van der Waals surface area contributed by atoms with Crippen LogP contribution in [-0.2, 0) is 6.54 Å². The highest BCUT2D eigenvalue weighted by molar-refractivity contribution is 7.17. The van der Waals surface area contributed by atoms with Crippen molar-refractivity contribution in [1.29, 1.82) is 10.9 Å². The molecule has 18 heavy (non-hydrogen) atoms. The van der Waals surface area contributed by atoms with Gasteiger partial charge in [0, 0.05) is 5.38 Å². The second-order valence-electron chi connectivity index (χ2n) is 3.43. The smallest absolute Gasteiger partial charge is 0.263 e. The average Bonchev–Trinajstić information content (AvgIpc) is 2.77. The topological polar surface area (TPSA) is 138 Å². The number of carbonyl (C=O) groups is 1. The van der Waals surface area contributed by atoms with Crippen LogP contribution >= 0.6 is 11.3 Å². The first kappa shape index (κ1) is 12.0. The van der Waals surface area contributed by atoms with Crippen molar-refractivity contribution in [2.24, 2.45) is 10.8 Å². The minimum atomic E-state index is -0.696. The van der Waals surface area contributed by atoms with E-state index in [-0.39, 0.29) is 23.3 Å². The van der Waals surface area contributed by atoms with Crippen molar-refractivity contribution in [3.05, 3.63) is 27.6 Å². The number of hydrogen-bond donors (Lipinski definition) is 3. The second-order valence-corrected chi connectivity index (χ2v) is 4.29. The van der Waals surface area contributed by atoms with Gasteiger partial charge in [-0.25, -0.2) is 10.5 Å². The Kier molecular flexibility index (Phi) is 2.98. The molecule has 4 N–H and O–H groups in total. The molecule has 2 aromatic heterocycles. The lowest BCUT2D eigenvalue weighted by Gasteiger charge is -2.02. The van der Waals surface area contributed by atoms with Crippen LogP contribution in [0.2, 0.25) is 0 Å². The first-order valence-electron chi connectivity index (χ1n) is 4.76. The molecule has 0 fully saturated rings. The number of primary amides is 1. The zero-order valence-electron chi connectivity index (χ0n) is 9.01. The largest absolute Gasteiger partial charge is 0.366 e. The maximum absolute atomic E-state index is 12.1. The molecule has 0 spiro atoms. The van der Waals surface area contributed by atoms with Crippen molar-refractivity contribution in [2.75, 3.05) is 0 Å². The van der Waals surface area contributed by atoms with Crippen LogP contribution in [0.5, 0.6) is 0 Å². The van der Waals surface area contributed by atoms with Crippen molar-refractivity contribution in [3.8, 4) is 0 Å². The normalized spacial score (nSPS) is 10.4. The Morgan fingerprint density at radius 1 is 1.61 bits per heavy atom. The van der Waals surface area contributed by atoms with Crippen molar-refractivity contribution in [2.45, 2.75) is 6.54 Å². The van der Waals surface area contributed by atoms with Crippen LogP contribution < -0.4 is 11.3 Å². The van der Waals surface area contributed by atoms with Crippen molar-refractivity contribution < 1.29 is 4.79 Å². The number of nitrogens with zero attached hydrogens (tertiary/aromatic N) is 3. The van der Waals surface area contributed by atoms with E-state index in [4.69, 9.17) is 16.7 Å². The van der Waals surface area contributed by atoms with E-state index < -0.39 is 11.5 Å². The van der Waals surface area contributed by atoms with E-state index in [1.807, 2.05) is 0 Å². The molecule has 2 rings (SSSR count). The summed E-state index contributed by atoms with van der Waals surface area (Å²) in [6.45, 7) is -0.167. The summed E-state index contributed by atoms with van der Waals surface area (Å²) in [7, 11) is 0. The molecule has 9 heteroatoms. The summed E-state index contributed by atoms with van der Waals surface area (Å²) in [5.41, 5.74) is 11.5. The Morgan fingerprint density at radius 3 is 2.94 bits per heavy atom. The van der Waals surface area contributed by atoms with Gasteiger partial charge in [-0.3, -0.25) is 19.6 Å². The minimum absolute atomic E-state index is 0.121. The molecule has 0 radical (unpaired) electrons. The van der Waals surface area contributed by atoms with E-state index in [2.05, 4.69) is 10.1 Å². The second kappa shape index (κ2) is 4.45. The van der Waals surface area contributed by atoms with Crippen LogP contribution in [0.15, 0.2) is 21.6 Å². The predicted octanol–water partition coefficient (Wildman–Crippen LogP) is 0.565. The molecule has 0 aliphatic heterocycles. The molecule has 8 nitrogen and oxygen atoms in total. The van der Waals surface area contributed by atoms with Crippen LogP contribution in [-0.4, -0.2) is 21.3 Å². The number of aromatic nitrogens is 2. The van der Waals surface area contributed by atoms with Gasteiger partial charge in [0.15, 0.2) is 5.84 Å². The number of carbonyl (C=O) groups excluding carboxylic acids is 1. The van der Waals surface area contributed by atoms with E-state index >= 15 is 0 Å². The Balaban J connectivity index is 2.65. The number of fused-ring (bicyclic) bond motifs is 1. The van der Waals surface area contributed by atoms with Gasteiger partial charge < -0.3 is 5.73 Å². The molecule has 0 atom stereocenters. The molecule has 0 unspecified atom stereocenters. The number of thiophene rings is 1. The molecule has 0 aliphatic rings. The first-order valence-corrected chi connectivity index (χ1v) is 5.64. The predicted molar refractivity (Wildman–Crippen MR) is 65.3 cm³/mol. The van der Waals surface area contributed by atoms with Gasteiger partial charge in [-0.2, -0.15) is 0 Å². The maximum atomic E-state index is 12.1. The fraction of sp³-hybridized carbons (Fsp3) is 0.111. The Labute approximate surface area is 104 Å².